The summed E-state index contributed by atoms with van der Waals surface area (Å²) in [6.45, 7) is 8.69. The van der Waals surface area contributed by atoms with Gasteiger partial charge in [0.05, 0.1) is 30.7 Å². The van der Waals surface area contributed by atoms with Crippen LogP contribution in [-0.2, 0) is 28.6 Å². The second-order valence-corrected chi connectivity index (χ2v) is 10.8. The Morgan fingerprint density at radius 2 is 1.94 bits per heavy atom. The summed E-state index contributed by atoms with van der Waals surface area (Å²) in [6.07, 6.45) is 4.22. The van der Waals surface area contributed by atoms with Crippen molar-refractivity contribution >= 4 is 35.7 Å². The number of aromatic amines is 1. The average Bonchev–Trinajstić information content (AvgIpc) is 3.17. The van der Waals surface area contributed by atoms with E-state index in [9.17, 15) is 19.2 Å². The smallest absolute Gasteiger partial charge is 0.408 e. The molecule has 2 saturated carbocycles. The van der Waals surface area contributed by atoms with Crippen molar-refractivity contribution < 1.29 is 33.4 Å². The molecule has 13 heteroatoms. The number of alkyl carbamates (subject to hydrolysis) is 1. The summed E-state index contributed by atoms with van der Waals surface area (Å²) in [6, 6.07) is 0. The molecule has 2 amide bonds. The molecule has 12 nitrogen and oxygen atoms in total. The second kappa shape index (κ2) is 11.3. The number of hydrogen-bond acceptors (Lipinski definition) is 10. The number of rotatable bonds is 10. The number of hydrogen-bond donors (Lipinski definition) is 3. The van der Waals surface area contributed by atoms with E-state index >= 15 is 0 Å². The lowest BCUT2D eigenvalue weighted by molar-refractivity contribution is -0.154. The second-order valence-electron chi connectivity index (χ2n) is 9.57. The van der Waals surface area contributed by atoms with Gasteiger partial charge in [-0.1, -0.05) is 17.8 Å². The molecule has 3 rings (SSSR count). The van der Waals surface area contributed by atoms with Gasteiger partial charge in [0.25, 0.3) is 0 Å². The third-order valence-electron chi connectivity index (χ3n) is 5.93. The number of esters is 2. The van der Waals surface area contributed by atoms with Gasteiger partial charge < -0.3 is 24.8 Å². The molecule has 2 aliphatic carbocycles. The highest BCUT2D eigenvalue weighted by Crippen LogP contribution is 2.70. The molecule has 2 fully saturated rings. The maximum absolute atomic E-state index is 13.2. The van der Waals surface area contributed by atoms with Crippen LogP contribution in [0.3, 0.4) is 0 Å². The van der Waals surface area contributed by atoms with E-state index in [4.69, 9.17) is 14.2 Å². The molecule has 198 valence electrons. The van der Waals surface area contributed by atoms with E-state index in [1.165, 1.54) is 18.0 Å². The fourth-order valence-electron chi connectivity index (χ4n) is 4.66. The van der Waals surface area contributed by atoms with Crippen LogP contribution in [0.4, 0.5) is 4.79 Å². The molecule has 5 atom stereocenters. The Hall–Kier alpha value is -3.09. The van der Waals surface area contributed by atoms with Crippen molar-refractivity contribution in [2.24, 2.45) is 23.2 Å². The van der Waals surface area contributed by atoms with E-state index < -0.39 is 34.9 Å². The van der Waals surface area contributed by atoms with Crippen molar-refractivity contribution in [1.29, 1.82) is 0 Å². The minimum atomic E-state index is -1.13. The summed E-state index contributed by atoms with van der Waals surface area (Å²) >= 11 is 1.44. The first-order valence-corrected chi connectivity index (χ1v) is 12.7. The number of nitrogens with zero attached hydrogens (tertiary/aromatic N) is 2. The van der Waals surface area contributed by atoms with Crippen LogP contribution in [0, 0.1) is 23.2 Å². The number of nitrogens with one attached hydrogen (secondary N) is 3. The molecule has 2 aliphatic rings. The lowest BCUT2D eigenvalue weighted by Crippen LogP contribution is -2.39. The number of carbonyl (C=O) groups excluding carboxylic acids is 4. The largest absolute Gasteiger partial charge is 0.466 e. The summed E-state index contributed by atoms with van der Waals surface area (Å²) in [4.78, 5) is 50.0. The summed E-state index contributed by atoms with van der Waals surface area (Å²) in [5, 5.41) is 16.0. The lowest BCUT2D eigenvalue weighted by atomic mass is 9.80. The zero-order valence-corrected chi connectivity index (χ0v) is 21.8. The molecule has 0 radical (unpaired) electrons. The van der Waals surface area contributed by atoms with Gasteiger partial charge in [0, 0.05) is 11.4 Å². The molecule has 0 aliphatic heterocycles. The third kappa shape index (κ3) is 6.37. The van der Waals surface area contributed by atoms with Gasteiger partial charge in [-0.2, -0.15) is 10.3 Å². The molecule has 1 heterocycles. The maximum atomic E-state index is 13.2. The fraction of sp³-hybridized carbons (Fsp3) is 0.652. The number of aromatic nitrogens is 3. The van der Waals surface area contributed by atoms with Crippen LogP contribution in [0.2, 0.25) is 0 Å². The van der Waals surface area contributed by atoms with Crippen LogP contribution in [0.5, 0.6) is 0 Å². The number of thioether (sulfide) groups is 1. The first-order chi connectivity index (χ1) is 17.0. The Balaban J connectivity index is 1.75. The Labute approximate surface area is 213 Å². The minimum Gasteiger partial charge on any atom is -0.466 e. The maximum Gasteiger partial charge on any atom is 0.408 e. The molecule has 0 aromatic carbocycles. The van der Waals surface area contributed by atoms with Gasteiger partial charge in [-0.3, -0.25) is 14.4 Å². The van der Waals surface area contributed by atoms with E-state index in [0.717, 1.165) is 0 Å². The Morgan fingerprint density at radius 3 is 2.56 bits per heavy atom. The predicted molar refractivity (Wildman–Crippen MR) is 128 cm³/mol. The Bertz CT molecular complexity index is 993. The van der Waals surface area contributed by atoms with E-state index in [0.29, 0.717) is 11.4 Å². The Morgan fingerprint density at radius 1 is 1.22 bits per heavy atom. The van der Waals surface area contributed by atoms with Crippen LogP contribution in [0.25, 0.3) is 0 Å². The Kier molecular flexibility index (Phi) is 8.64. The summed E-state index contributed by atoms with van der Waals surface area (Å²) in [5.41, 5.74) is -1.82. The first kappa shape index (κ1) is 27.5. The predicted octanol–water partition coefficient (Wildman–Crippen LogP) is 1.80. The summed E-state index contributed by atoms with van der Waals surface area (Å²) in [7, 11) is 0. The van der Waals surface area contributed by atoms with Gasteiger partial charge in [-0.25, -0.2) is 4.79 Å². The summed E-state index contributed by atoms with van der Waals surface area (Å²) in [5.74, 6) is -2.26. The summed E-state index contributed by atoms with van der Waals surface area (Å²) < 4.78 is 15.8. The van der Waals surface area contributed by atoms with Crippen molar-refractivity contribution in [3.05, 3.63) is 18.5 Å². The zero-order chi connectivity index (χ0) is 26.5. The van der Waals surface area contributed by atoms with Crippen LogP contribution in [-0.4, -0.2) is 70.0 Å². The van der Waals surface area contributed by atoms with E-state index in [1.54, 1.807) is 46.9 Å². The first-order valence-electron chi connectivity index (χ1n) is 11.8. The van der Waals surface area contributed by atoms with E-state index in [2.05, 4.69) is 26.0 Å². The molecule has 0 spiro atoms. The van der Waals surface area contributed by atoms with Gasteiger partial charge in [0.2, 0.25) is 5.91 Å². The highest BCUT2D eigenvalue weighted by Gasteiger charge is 2.74. The molecule has 5 unspecified atom stereocenters. The molecule has 1 aromatic rings. The quantitative estimate of drug-likeness (QED) is 0.304. The molecular formula is C23H33N5O7S. The van der Waals surface area contributed by atoms with Crippen LogP contribution in [0.15, 0.2) is 23.5 Å². The van der Waals surface area contributed by atoms with Crippen molar-refractivity contribution in [3.63, 3.8) is 0 Å². The number of amides is 2. The standard InChI is InChI=1S/C23H33N5O7S/c1-6-33-19(30)17-16-13(36-15-12-26-28-27-15)10-23(18(16)17,20(31)34-7-2)8-9-24-14(29)11-25-21(32)35-22(3,4)5/h8-9,12-13,16-18H,6-7,10-11H2,1-5H3,(H,24,29)(H,25,32)(H,26,27,28). The van der Waals surface area contributed by atoms with Gasteiger partial charge in [-0.05, 0) is 52.9 Å². The average molecular weight is 524 g/mol. The molecule has 0 saturated heterocycles. The van der Waals surface area contributed by atoms with E-state index in [1.807, 2.05) is 0 Å². The highest BCUT2D eigenvalue weighted by atomic mass is 32.2. The van der Waals surface area contributed by atoms with Gasteiger partial charge in [0.1, 0.15) is 17.2 Å². The monoisotopic (exact) mass is 523 g/mol. The number of carbonyl (C=O) groups is 4. The highest BCUT2D eigenvalue weighted by molar-refractivity contribution is 7.99. The topological polar surface area (TPSA) is 162 Å². The normalized spacial score (nSPS) is 26.7. The molecular weight excluding hydrogens is 490 g/mol. The van der Waals surface area contributed by atoms with E-state index in [-0.39, 0.29) is 42.8 Å². The van der Waals surface area contributed by atoms with Crippen molar-refractivity contribution in [3.8, 4) is 0 Å². The van der Waals surface area contributed by atoms with Gasteiger partial charge in [0.15, 0.2) is 0 Å². The van der Waals surface area contributed by atoms with Gasteiger partial charge >= 0.3 is 18.0 Å². The third-order valence-corrected chi connectivity index (χ3v) is 7.16. The lowest BCUT2D eigenvalue weighted by Gasteiger charge is -2.28. The van der Waals surface area contributed by atoms with Crippen molar-refractivity contribution in [1.82, 2.24) is 26.0 Å². The minimum absolute atomic E-state index is 0.118. The zero-order valence-electron chi connectivity index (χ0n) is 21.0. The van der Waals surface area contributed by atoms with Crippen LogP contribution in [0.1, 0.15) is 41.0 Å². The molecule has 1 aromatic heterocycles. The molecule has 3 N–H and O–H groups in total. The number of H-pyrrole nitrogens is 1. The molecule has 0 bridgehead atoms. The SMILES string of the molecule is CCOC(=O)C1C2C(Sc3cn[nH]n3)CC(C=CNC(=O)CNC(=O)OC(C)(C)C)(C(=O)OCC)C12. The van der Waals surface area contributed by atoms with Crippen molar-refractivity contribution in [2.45, 2.75) is 56.9 Å². The fourth-order valence-corrected chi connectivity index (χ4v) is 6.04. The van der Waals surface area contributed by atoms with Gasteiger partial charge in [-0.15, -0.1) is 5.10 Å². The number of ether oxygens (including phenoxy) is 3. The number of fused-ring (bicyclic) bond motifs is 1. The van der Waals surface area contributed by atoms with Crippen LogP contribution >= 0.6 is 11.8 Å². The van der Waals surface area contributed by atoms with Crippen molar-refractivity contribution in [2.75, 3.05) is 19.8 Å². The van der Waals surface area contributed by atoms with Crippen LogP contribution < -0.4 is 10.6 Å². The molecule has 36 heavy (non-hydrogen) atoms.